The van der Waals surface area contributed by atoms with Crippen molar-refractivity contribution in [2.45, 2.75) is 56.2 Å². The minimum atomic E-state index is -3.67. The molecule has 1 aromatic rings. The third-order valence-electron chi connectivity index (χ3n) is 4.70. The van der Waals surface area contributed by atoms with Crippen LogP contribution in [0.2, 0.25) is 0 Å². The summed E-state index contributed by atoms with van der Waals surface area (Å²) >= 11 is 0. The maximum atomic E-state index is 11.9. The van der Waals surface area contributed by atoms with E-state index in [0.29, 0.717) is 12.5 Å². The number of aromatic nitrogens is 2. The van der Waals surface area contributed by atoms with Crippen molar-refractivity contribution in [3.8, 4) is 0 Å². The largest absolute Gasteiger partial charge is 0.289 e. The average molecular weight is 329 g/mol. The molecule has 1 aliphatic rings. The lowest BCUT2D eigenvalue weighted by atomic mass is 10.0. The van der Waals surface area contributed by atoms with Crippen molar-refractivity contribution in [1.29, 1.82) is 0 Å². The van der Waals surface area contributed by atoms with Crippen molar-refractivity contribution in [1.82, 2.24) is 15.3 Å². The van der Waals surface area contributed by atoms with Gasteiger partial charge < -0.3 is 0 Å². The molecule has 0 saturated heterocycles. The minimum absolute atomic E-state index is 0.0456. The summed E-state index contributed by atoms with van der Waals surface area (Å²) in [5, 5.41) is 13.1. The summed E-state index contributed by atoms with van der Waals surface area (Å²) in [7, 11) is -3.67. The highest BCUT2D eigenvalue weighted by Crippen LogP contribution is 2.33. The summed E-state index contributed by atoms with van der Waals surface area (Å²) in [6.07, 6.45) is 9.59. The number of rotatable bonds is 6. The predicted molar refractivity (Wildman–Crippen MR) is 81.2 cm³/mol. The number of nitrogens with one attached hydrogen (secondary N) is 1. The van der Waals surface area contributed by atoms with Crippen LogP contribution in [0.5, 0.6) is 0 Å². The van der Waals surface area contributed by atoms with E-state index in [0.717, 1.165) is 6.26 Å². The Morgan fingerprint density at radius 2 is 2.14 bits per heavy atom. The van der Waals surface area contributed by atoms with E-state index in [1.807, 2.05) is 12.4 Å². The molecule has 1 aliphatic carbocycles. The Labute approximate surface area is 130 Å². The smallest absolute Gasteiger partial charge is 0.264 e. The molecular weight excluding hydrogens is 306 g/mol. The first-order chi connectivity index (χ1) is 10.3. The Morgan fingerprint density at radius 1 is 1.50 bits per heavy atom. The normalized spacial score (nSPS) is 19.0. The lowest BCUT2D eigenvalue weighted by Crippen LogP contribution is -2.49. The van der Waals surface area contributed by atoms with Gasteiger partial charge in [-0.1, -0.05) is 12.8 Å². The molecule has 0 aliphatic heterocycles. The Balaban J connectivity index is 2.08. The predicted octanol–water partition coefficient (Wildman–Crippen LogP) is 1.24. The SMILES string of the molecule is CC(CCn1cc(C2CCCC2)cn1)(C(=O)NO)S(C)(=O)=O. The third kappa shape index (κ3) is 3.33. The fourth-order valence-electron chi connectivity index (χ4n) is 2.89. The molecule has 2 N–H and O–H groups in total. The van der Waals surface area contributed by atoms with Crippen LogP contribution in [0, 0.1) is 0 Å². The maximum Gasteiger partial charge on any atom is 0.264 e. The van der Waals surface area contributed by atoms with Gasteiger partial charge in [0.15, 0.2) is 14.6 Å². The van der Waals surface area contributed by atoms with Crippen LogP contribution in [0.4, 0.5) is 0 Å². The number of carbonyl (C=O) groups excluding carboxylic acids is 1. The zero-order valence-electron chi connectivity index (χ0n) is 12.9. The van der Waals surface area contributed by atoms with Gasteiger partial charge in [0, 0.05) is 19.0 Å². The Kier molecular flexibility index (Phi) is 4.91. The fraction of sp³-hybridized carbons (Fsp3) is 0.714. The highest BCUT2D eigenvalue weighted by atomic mass is 32.2. The second kappa shape index (κ2) is 6.37. The highest BCUT2D eigenvalue weighted by Gasteiger charge is 2.43. The molecule has 1 heterocycles. The number of nitrogens with zero attached hydrogens (tertiary/aromatic N) is 2. The zero-order chi connectivity index (χ0) is 16.4. The average Bonchev–Trinajstić information content (AvgIpc) is 3.12. The highest BCUT2D eigenvalue weighted by molar-refractivity contribution is 7.92. The van der Waals surface area contributed by atoms with Crippen LogP contribution < -0.4 is 5.48 Å². The minimum Gasteiger partial charge on any atom is -0.289 e. The quantitative estimate of drug-likeness (QED) is 0.604. The van der Waals surface area contributed by atoms with Crippen molar-refractivity contribution in [3.05, 3.63) is 18.0 Å². The van der Waals surface area contributed by atoms with E-state index in [1.165, 1.54) is 43.7 Å². The van der Waals surface area contributed by atoms with Crippen LogP contribution in [-0.4, -0.2) is 40.3 Å². The van der Waals surface area contributed by atoms with Gasteiger partial charge in [-0.2, -0.15) is 5.10 Å². The summed E-state index contributed by atoms with van der Waals surface area (Å²) in [6.45, 7) is 1.61. The van der Waals surface area contributed by atoms with Crippen LogP contribution >= 0.6 is 0 Å². The molecule has 0 radical (unpaired) electrons. The Morgan fingerprint density at radius 3 is 2.68 bits per heavy atom. The topological polar surface area (TPSA) is 101 Å². The van der Waals surface area contributed by atoms with Crippen molar-refractivity contribution in [2.24, 2.45) is 0 Å². The van der Waals surface area contributed by atoms with Crippen molar-refractivity contribution in [2.75, 3.05) is 6.26 Å². The third-order valence-corrected chi connectivity index (χ3v) is 6.72. The van der Waals surface area contributed by atoms with Gasteiger partial charge in [-0.05, 0) is 37.7 Å². The van der Waals surface area contributed by atoms with Gasteiger partial charge in [-0.25, -0.2) is 13.9 Å². The van der Waals surface area contributed by atoms with Gasteiger partial charge in [0.25, 0.3) is 5.91 Å². The molecule has 1 atom stereocenters. The molecule has 0 bridgehead atoms. The monoisotopic (exact) mass is 329 g/mol. The molecule has 7 nitrogen and oxygen atoms in total. The van der Waals surface area contributed by atoms with E-state index in [4.69, 9.17) is 5.21 Å². The molecule has 1 unspecified atom stereocenters. The number of carbonyl (C=O) groups is 1. The van der Waals surface area contributed by atoms with Gasteiger partial charge in [-0.15, -0.1) is 0 Å². The Hall–Kier alpha value is -1.41. The van der Waals surface area contributed by atoms with Crippen molar-refractivity contribution >= 4 is 15.7 Å². The van der Waals surface area contributed by atoms with E-state index < -0.39 is 20.5 Å². The summed E-state index contributed by atoms with van der Waals surface area (Å²) in [5.41, 5.74) is 2.62. The molecule has 2 rings (SSSR count). The number of hydroxylamine groups is 1. The lowest BCUT2D eigenvalue weighted by Gasteiger charge is -2.24. The van der Waals surface area contributed by atoms with Gasteiger partial charge >= 0.3 is 0 Å². The molecule has 0 aromatic carbocycles. The standard InChI is InChI=1S/C14H23N3O4S/c1-14(13(18)16-19,22(2,20)21)7-8-17-10-12(9-15-17)11-5-3-4-6-11/h9-11,19H,3-8H2,1-2H3,(H,16,18). The van der Waals surface area contributed by atoms with E-state index in [2.05, 4.69) is 5.10 Å². The van der Waals surface area contributed by atoms with Gasteiger partial charge in [-0.3, -0.25) is 14.7 Å². The molecule has 1 aromatic heterocycles. The first kappa shape index (κ1) is 17.0. The van der Waals surface area contributed by atoms with Crippen LogP contribution in [0.25, 0.3) is 0 Å². The first-order valence-corrected chi connectivity index (χ1v) is 9.33. The molecule has 22 heavy (non-hydrogen) atoms. The van der Waals surface area contributed by atoms with Gasteiger partial charge in [0.05, 0.1) is 6.20 Å². The molecule has 124 valence electrons. The summed E-state index contributed by atoms with van der Waals surface area (Å²) in [4.78, 5) is 11.7. The summed E-state index contributed by atoms with van der Waals surface area (Å²) in [5.74, 6) is -0.381. The van der Waals surface area contributed by atoms with E-state index >= 15 is 0 Å². The van der Waals surface area contributed by atoms with Crippen LogP contribution in [0.15, 0.2) is 12.4 Å². The van der Waals surface area contributed by atoms with Crippen LogP contribution in [-0.2, 0) is 21.2 Å². The fourth-order valence-corrected chi connectivity index (χ4v) is 3.73. The van der Waals surface area contributed by atoms with E-state index in [1.54, 1.807) is 4.68 Å². The second-order valence-corrected chi connectivity index (χ2v) is 8.66. The van der Waals surface area contributed by atoms with Crippen LogP contribution in [0.1, 0.15) is 50.5 Å². The zero-order valence-corrected chi connectivity index (χ0v) is 13.8. The summed E-state index contributed by atoms with van der Waals surface area (Å²) in [6, 6.07) is 0. The number of aryl methyl sites for hydroxylation is 1. The second-order valence-electron chi connectivity index (χ2n) is 6.21. The van der Waals surface area contributed by atoms with Crippen molar-refractivity contribution < 1.29 is 18.4 Å². The van der Waals surface area contributed by atoms with E-state index in [-0.39, 0.29) is 6.42 Å². The molecule has 1 fully saturated rings. The number of hydrogen-bond donors (Lipinski definition) is 2. The van der Waals surface area contributed by atoms with Crippen molar-refractivity contribution in [3.63, 3.8) is 0 Å². The molecule has 8 heteroatoms. The number of hydrogen-bond acceptors (Lipinski definition) is 5. The lowest BCUT2D eigenvalue weighted by molar-refractivity contribution is -0.131. The van der Waals surface area contributed by atoms with Gasteiger partial charge in [0.2, 0.25) is 0 Å². The van der Waals surface area contributed by atoms with Crippen LogP contribution in [0.3, 0.4) is 0 Å². The molecule has 0 spiro atoms. The number of sulfone groups is 1. The maximum absolute atomic E-state index is 11.9. The first-order valence-electron chi connectivity index (χ1n) is 7.44. The van der Waals surface area contributed by atoms with E-state index in [9.17, 15) is 13.2 Å². The summed E-state index contributed by atoms with van der Waals surface area (Å²) < 4.78 is 23.8. The number of amides is 1. The Bertz CT molecular complexity index is 634. The molecule has 1 amide bonds. The molecule has 1 saturated carbocycles. The van der Waals surface area contributed by atoms with Gasteiger partial charge in [0.1, 0.15) is 0 Å². The molecular formula is C14H23N3O4S.